The van der Waals surface area contributed by atoms with Crippen molar-refractivity contribution in [2.24, 2.45) is 0 Å². The molecule has 2 aromatic rings. The average molecular weight is 206 g/mol. The SMILES string of the molecule is Nc1nc(Cl)ncc1-c1ccccc1. The highest BCUT2D eigenvalue weighted by Gasteiger charge is 2.04. The fourth-order valence-corrected chi connectivity index (χ4v) is 1.35. The van der Waals surface area contributed by atoms with Crippen LogP contribution in [-0.4, -0.2) is 9.97 Å². The number of hydrogen-bond acceptors (Lipinski definition) is 3. The van der Waals surface area contributed by atoms with E-state index in [4.69, 9.17) is 17.3 Å². The number of halogens is 1. The molecule has 0 aliphatic carbocycles. The van der Waals surface area contributed by atoms with Gasteiger partial charge in [0.25, 0.3) is 0 Å². The molecule has 0 saturated carbocycles. The number of benzene rings is 1. The predicted molar refractivity (Wildman–Crippen MR) is 56.9 cm³/mol. The molecule has 4 heteroatoms. The monoisotopic (exact) mass is 205 g/mol. The lowest BCUT2D eigenvalue weighted by Gasteiger charge is -2.03. The van der Waals surface area contributed by atoms with E-state index < -0.39 is 0 Å². The number of aromatic nitrogens is 2. The molecular formula is C10H8ClN3. The van der Waals surface area contributed by atoms with Crippen LogP contribution in [0.1, 0.15) is 0 Å². The van der Waals surface area contributed by atoms with Crippen LogP contribution in [0.15, 0.2) is 36.5 Å². The van der Waals surface area contributed by atoms with Crippen LogP contribution in [0.25, 0.3) is 11.1 Å². The molecule has 0 atom stereocenters. The Morgan fingerprint density at radius 1 is 1.14 bits per heavy atom. The summed E-state index contributed by atoms with van der Waals surface area (Å²) in [5.41, 5.74) is 7.51. The molecule has 0 radical (unpaired) electrons. The van der Waals surface area contributed by atoms with E-state index in [0.29, 0.717) is 5.82 Å². The molecule has 2 N–H and O–H groups in total. The molecule has 3 nitrogen and oxygen atoms in total. The summed E-state index contributed by atoms with van der Waals surface area (Å²) in [6.45, 7) is 0. The summed E-state index contributed by atoms with van der Waals surface area (Å²) >= 11 is 5.60. The third-order valence-corrected chi connectivity index (χ3v) is 2.06. The van der Waals surface area contributed by atoms with Gasteiger partial charge in [-0.05, 0) is 17.2 Å². The topological polar surface area (TPSA) is 51.8 Å². The van der Waals surface area contributed by atoms with Crippen molar-refractivity contribution in [3.63, 3.8) is 0 Å². The summed E-state index contributed by atoms with van der Waals surface area (Å²) in [5, 5.41) is 0.169. The molecule has 0 fully saturated rings. The lowest BCUT2D eigenvalue weighted by Crippen LogP contribution is -1.95. The van der Waals surface area contributed by atoms with Gasteiger partial charge in [-0.3, -0.25) is 0 Å². The largest absolute Gasteiger partial charge is 0.383 e. The molecule has 0 aliphatic rings. The lowest BCUT2D eigenvalue weighted by molar-refractivity contribution is 1.18. The van der Waals surface area contributed by atoms with Gasteiger partial charge in [-0.2, -0.15) is 0 Å². The third kappa shape index (κ3) is 1.67. The van der Waals surface area contributed by atoms with Gasteiger partial charge < -0.3 is 5.73 Å². The van der Waals surface area contributed by atoms with Gasteiger partial charge in [0.15, 0.2) is 0 Å². The van der Waals surface area contributed by atoms with Crippen molar-refractivity contribution in [2.45, 2.75) is 0 Å². The average Bonchev–Trinajstić information content (AvgIpc) is 2.19. The Morgan fingerprint density at radius 2 is 1.86 bits per heavy atom. The van der Waals surface area contributed by atoms with Gasteiger partial charge in [-0.15, -0.1) is 0 Å². The molecule has 1 heterocycles. The number of nitrogens with zero attached hydrogens (tertiary/aromatic N) is 2. The standard InChI is InChI=1S/C10H8ClN3/c11-10-13-6-8(9(12)14-10)7-4-2-1-3-5-7/h1-6H,(H2,12,13,14). The fourth-order valence-electron chi connectivity index (χ4n) is 1.21. The van der Waals surface area contributed by atoms with E-state index in [1.807, 2.05) is 30.3 Å². The lowest BCUT2D eigenvalue weighted by atomic mass is 10.1. The molecule has 0 spiro atoms. The van der Waals surface area contributed by atoms with Crippen molar-refractivity contribution < 1.29 is 0 Å². The molecule has 0 amide bonds. The highest BCUT2D eigenvalue weighted by Crippen LogP contribution is 2.23. The zero-order valence-electron chi connectivity index (χ0n) is 7.31. The van der Waals surface area contributed by atoms with Gasteiger partial charge in [0.05, 0.1) is 0 Å². The number of nitrogens with two attached hydrogens (primary N) is 1. The highest BCUT2D eigenvalue weighted by atomic mass is 35.5. The van der Waals surface area contributed by atoms with Crippen molar-refractivity contribution in [1.29, 1.82) is 0 Å². The number of anilines is 1. The van der Waals surface area contributed by atoms with Crippen LogP contribution in [0.3, 0.4) is 0 Å². The Bertz CT molecular complexity index is 442. The fraction of sp³-hybridized carbons (Fsp3) is 0. The molecule has 1 aromatic heterocycles. The Kier molecular flexibility index (Phi) is 2.33. The van der Waals surface area contributed by atoms with Gasteiger partial charge in [-0.25, -0.2) is 9.97 Å². The van der Waals surface area contributed by atoms with Crippen LogP contribution >= 0.6 is 11.6 Å². The summed E-state index contributed by atoms with van der Waals surface area (Å²) in [6, 6.07) is 9.70. The van der Waals surface area contributed by atoms with Crippen LogP contribution in [0.4, 0.5) is 5.82 Å². The first-order valence-corrected chi connectivity index (χ1v) is 4.48. The molecule has 14 heavy (non-hydrogen) atoms. The smallest absolute Gasteiger partial charge is 0.224 e. The summed E-state index contributed by atoms with van der Waals surface area (Å²) in [5.74, 6) is 0.399. The molecular weight excluding hydrogens is 198 g/mol. The second-order valence-electron chi connectivity index (χ2n) is 2.80. The van der Waals surface area contributed by atoms with Crippen LogP contribution in [-0.2, 0) is 0 Å². The first kappa shape index (κ1) is 8.97. The van der Waals surface area contributed by atoms with Crippen molar-refractivity contribution in [3.8, 4) is 11.1 Å². The van der Waals surface area contributed by atoms with E-state index in [2.05, 4.69) is 9.97 Å². The zero-order valence-corrected chi connectivity index (χ0v) is 8.07. The first-order valence-electron chi connectivity index (χ1n) is 4.11. The minimum atomic E-state index is 0.169. The van der Waals surface area contributed by atoms with Crippen molar-refractivity contribution in [1.82, 2.24) is 9.97 Å². The molecule has 0 bridgehead atoms. The van der Waals surface area contributed by atoms with Crippen LogP contribution in [0, 0.1) is 0 Å². The molecule has 2 rings (SSSR count). The molecule has 1 aromatic carbocycles. The van der Waals surface area contributed by atoms with Crippen molar-refractivity contribution >= 4 is 17.4 Å². The van der Waals surface area contributed by atoms with Gasteiger partial charge in [0, 0.05) is 11.8 Å². The zero-order chi connectivity index (χ0) is 9.97. The van der Waals surface area contributed by atoms with E-state index >= 15 is 0 Å². The van der Waals surface area contributed by atoms with E-state index in [0.717, 1.165) is 11.1 Å². The van der Waals surface area contributed by atoms with Gasteiger partial charge in [-0.1, -0.05) is 30.3 Å². The summed E-state index contributed by atoms with van der Waals surface area (Å²) < 4.78 is 0. The normalized spacial score (nSPS) is 10.1. The quantitative estimate of drug-likeness (QED) is 0.728. The van der Waals surface area contributed by atoms with E-state index in [9.17, 15) is 0 Å². The van der Waals surface area contributed by atoms with Crippen molar-refractivity contribution in [3.05, 3.63) is 41.8 Å². The highest BCUT2D eigenvalue weighted by molar-refractivity contribution is 6.28. The summed E-state index contributed by atoms with van der Waals surface area (Å²) in [4.78, 5) is 7.77. The first-order chi connectivity index (χ1) is 6.77. The van der Waals surface area contributed by atoms with E-state index in [-0.39, 0.29) is 5.28 Å². The maximum absolute atomic E-state index is 5.72. The van der Waals surface area contributed by atoms with Crippen LogP contribution in [0.5, 0.6) is 0 Å². The van der Waals surface area contributed by atoms with Gasteiger partial charge in [0.1, 0.15) is 5.82 Å². The molecule has 0 unspecified atom stereocenters. The summed E-state index contributed by atoms with van der Waals surface area (Å²) in [6.07, 6.45) is 1.62. The predicted octanol–water partition coefficient (Wildman–Crippen LogP) is 2.38. The summed E-state index contributed by atoms with van der Waals surface area (Å²) in [7, 11) is 0. The van der Waals surface area contributed by atoms with E-state index in [1.54, 1.807) is 6.20 Å². The van der Waals surface area contributed by atoms with E-state index in [1.165, 1.54) is 0 Å². The minimum Gasteiger partial charge on any atom is -0.383 e. The van der Waals surface area contributed by atoms with Crippen LogP contribution in [0.2, 0.25) is 5.28 Å². The maximum atomic E-state index is 5.72. The Labute approximate surface area is 86.6 Å². The second-order valence-corrected chi connectivity index (χ2v) is 3.14. The maximum Gasteiger partial charge on any atom is 0.224 e. The Balaban J connectivity index is 2.53. The number of rotatable bonds is 1. The van der Waals surface area contributed by atoms with Gasteiger partial charge >= 0.3 is 0 Å². The molecule has 70 valence electrons. The number of hydrogen-bond donors (Lipinski definition) is 1. The Morgan fingerprint density at radius 3 is 2.50 bits per heavy atom. The van der Waals surface area contributed by atoms with Crippen molar-refractivity contribution in [2.75, 3.05) is 5.73 Å². The number of nitrogen functional groups attached to an aromatic ring is 1. The second kappa shape index (κ2) is 3.64. The molecule has 0 saturated heterocycles. The minimum absolute atomic E-state index is 0.169. The molecule has 0 aliphatic heterocycles. The van der Waals surface area contributed by atoms with Gasteiger partial charge in [0.2, 0.25) is 5.28 Å². The van der Waals surface area contributed by atoms with Crippen LogP contribution < -0.4 is 5.73 Å². The third-order valence-electron chi connectivity index (χ3n) is 1.87. The Hall–Kier alpha value is -1.61.